The molecule has 4 aromatic rings. The lowest BCUT2D eigenvalue weighted by Gasteiger charge is -2.26. The number of nitrogens with zero attached hydrogens (tertiary/aromatic N) is 5. The number of amides is 1. The lowest BCUT2D eigenvalue weighted by Crippen LogP contribution is -2.31. The zero-order valence-corrected chi connectivity index (χ0v) is 26.3. The molecule has 238 valence electrons. The zero-order valence-electron chi connectivity index (χ0n) is 26.3. The van der Waals surface area contributed by atoms with E-state index < -0.39 is 0 Å². The number of anilines is 5. The normalized spacial score (nSPS) is 17.7. The molecule has 3 heterocycles. The number of aromatic nitrogens is 2. The van der Waals surface area contributed by atoms with Crippen molar-refractivity contribution in [3.05, 3.63) is 97.3 Å². The highest BCUT2D eigenvalue weighted by molar-refractivity contribution is 6.02. The molecule has 2 N–H and O–H groups in total. The number of benzene rings is 3. The first kappa shape index (κ1) is 30.9. The van der Waals surface area contributed by atoms with Crippen LogP contribution >= 0.6 is 0 Å². The quantitative estimate of drug-likeness (QED) is 0.189. The summed E-state index contributed by atoms with van der Waals surface area (Å²) in [5, 5.41) is 8.17. The van der Waals surface area contributed by atoms with Crippen LogP contribution in [0.15, 0.2) is 91.8 Å². The summed E-state index contributed by atoms with van der Waals surface area (Å²) in [7, 11) is 5.80. The van der Waals surface area contributed by atoms with Gasteiger partial charge in [0.1, 0.15) is 29.4 Å². The van der Waals surface area contributed by atoms with Crippen LogP contribution in [0.4, 0.5) is 28.7 Å². The van der Waals surface area contributed by atoms with E-state index in [1.165, 1.54) is 12.4 Å². The van der Waals surface area contributed by atoms with Gasteiger partial charge in [-0.25, -0.2) is 15.0 Å². The molecule has 0 radical (unpaired) electrons. The van der Waals surface area contributed by atoms with Crippen molar-refractivity contribution in [2.24, 2.45) is 0 Å². The monoisotopic (exact) mass is 621 g/mol. The SMILES string of the molecule is C=CC(=O)Nc1cc(Nc2cc(N3OCCC3c3cccc(Oc4ccccc4)c3)ncn2)c(OC)cc1N1CCC(N(C)C)C1. The van der Waals surface area contributed by atoms with Crippen LogP contribution in [0.25, 0.3) is 0 Å². The number of rotatable bonds is 11. The number of ether oxygens (including phenoxy) is 2. The molecule has 11 heteroatoms. The number of likely N-dealkylation sites (N-methyl/N-ethyl adjacent to an activating group) is 1. The summed E-state index contributed by atoms with van der Waals surface area (Å²) < 4.78 is 11.9. The Morgan fingerprint density at radius 3 is 2.61 bits per heavy atom. The molecule has 2 aliphatic rings. The first-order chi connectivity index (χ1) is 22.4. The minimum Gasteiger partial charge on any atom is -0.494 e. The topological polar surface area (TPSA) is 104 Å². The summed E-state index contributed by atoms with van der Waals surface area (Å²) in [6.07, 6.45) is 4.57. The summed E-state index contributed by atoms with van der Waals surface area (Å²) >= 11 is 0. The van der Waals surface area contributed by atoms with E-state index in [4.69, 9.17) is 14.3 Å². The molecule has 1 aromatic heterocycles. The number of carbonyl (C=O) groups excluding carboxylic acids is 1. The van der Waals surface area contributed by atoms with Gasteiger partial charge in [-0.3, -0.25) is 9.63 Å². The van der Waals surface area contributed by atoms with Crippen LogP contribution in [-0.2, 0) is 9.63 Å². The molecule has 0 spiro atoms. The van der Waals surface area contributed by atoms with E-state index >= 15 is 0 Å². The minimum absolute atomic E-state index is 0.0666. The van der Waals surface area contributed by atoms with Crippen molar-refractivity contribution >= 4 is 34.6 Å². The summed E-state index contributed by atoms with van der Waals surface area (Å²) in [5.41, 5.74) is 3.24. The van der Waals surface area contributed by atoms with Gasteiger partial charge in [0.25, 0.3) is 0 Å². The van der Waals surface area contributed by atoms with Gasteiger partial charge < -0.3 is 29.9 Å². The van der Waals surface area contributed by atoms with Crippen molar-refractivity contribution in [3.8, 4) is 17.2 Å². The molecule has 0 aliphatic carbocycles. The second-order valence-electron chi connectivity index (χ2n) is 11.5. The van der Waals surface area contributed by atoms with Gasteiger partial charge in [0.2, 0.25) is 5.91 Å². The molecule has 0 bridgehead atoms. The third-order valence-electron chi connectivity index (χ3n) is 8.26. The molecule has 46 heavy (non-hydrogen) atoms. The van der Waals surface area contributed by atoms with Gasteiger partial charge in [-0.1, -0.05) is 36.9 Å². The summed E-state index contributed by atoms with van der Waals surface area (Å²) in [6, 6.07) is 23.7. The third-order valence-corrected chi connectivity index (χ3v) is 8.26. The Kier molecular flexibility index (Phi) is 9.32. The number of nitrogens with one attached hydrogen (secondary N) is 2. The molecule has 2 fully saturated rings. The molecule has 2 atom stereocenters. The fourth-order valence-corrected chi connectivity index (χ4v) is 5.84. The van der Waals surface area contributed by atoms with Crippen molar-refractivity contribution in [1.29, 1.82) is 0 Å². The molecular weight excluding hydrogens is 582 g/mol. The predicted molar refractivity (Wildman–Crippen MR) is 180 cm³/mol. The van der Waals surface area contributed by atoms with E-state index in [0.717, 1.165) is 48.7 Å². The molecule has 6 rings (SSSR count). The second kappa shape index (κ2) is 13.9. The maximum Gasteiger partial charge on any atom is 0.247 e. The average Bonchev–Trinajstić information content (AvgIpc) is 3.77. The minimum atomic E-state index is -0.291. The van der Waals surface area contributed by atoms with Crippen LogP contribution in [-0.4, -0.2) is 67.7 Å². The van der Waals surface area contributed by atoms with E-state index in [2.05, 4.69) is 57.1 Å². The van der Waals surface area contributed by atoms with Gasteiger partial charge >= 0.3 is 0 Å². The third kappa shape index (κ3) is 6.90. The van der Waals surface area contributed by atoms with Crippen LogP contribution in [0.5, 0.6) is 17.2 Å². The van der Waals surface area contributed by atoms with E-state index in [1.807, 2.05) is 71.8 Å². The zero-order chi connectivity index (χ0) is 32.0. The molecule has 2 aliphatic heterocycles. The van der Waals surface area contributed by atoms with E-state index in [-0.39, 0.29) is 11.9 Å². The standard InChI is InChI=1S/C35H39N7O4/c1-5-35(43)39-28-19-29(32(44-4)20-31(28)41-16-14-25(22-41)40(2)3)38-33-21-34(37-23-36-33)42-30(15-17-45-42)24-10-9-13-27(18-24)46-26-11-7-6-8-12-26/h5-13,18-21,23,25,30H,1,14-17,22H2,2-4H3,(H,39,43)(H,36,37,38). The van der Waals surface area contributed by atoms with Crippen LogP contribution in [0.1, 0.15) is 24.4 Å². The highest BCUT2D eigenvalue weighted by Crippen LogP contribution is 2.41. The number of hydrogen-bond donors (Lipinski definition) is 2. The Labute approximate surface area is 269 Å². The molecule has 1 amide bonds. The van der Waals surface area contributed by atoms with Crippen molar-refractivity contribution in [3.63, 3.8) is 0 Å². The Morgan fingerprint density at radius 2 is 1.85 bits per heavy atom. The van der Waals surface area contributed by atoms with E-state index in [0.29, 0.717) is 41.4 Å². The molecule has 2 saturated heterocycles. The molecular formula is C35H39N7O4. The number of hydrogen-bond acceptors (Lipinski definition) is 10. The van der Waals surface area contributed by atoms with Gasteiger partial charge in [0.05, 0.1) is 36.8 Å². The maximum absolute atomic E-state index is 12.4. The molecule has 2 unspecified atom stereocenters. The summed E-state index contributed by atoms with van der Waals surface area (Å²) in [4.78, 5) is 32.0. The first-order valence-corrected chi connectivity index (χ1v) is 15.3. The number of hydroxylamine groups is 1. The van der Waals surface area contributed by atoms with Gasteiger partial charge in [-0.15, -0.1) is 0 Å². The van der Waals surface area contributed by atoms with Gasteiger partial charge in [0.15, 0.2) is 5.82 Å². The lowest BCUT2D eigenvalue weighted by atomic mass is 10.0. The number of methoxy groups -OCH3 is 1. The Bertz CT molecular complexity index is 1680. The predicted octanol–water partition coefficient (Wildman–Crippen LogP) is 6.17. The largest absolute Gasteiger partial charge is 0.494 e. The fraction of sp³-hybridized carbons (Fsp3) is 0.286. The molecule has 0 saturated carbocycles. The Hall–Kier alpha value is -5.13. The number of carbonyl (C=O) groups is 1. The van der Waals surface area contributed by atoms with Crippen molar-refractivity contribution in [2.45, 2.75) is 24.9 Å². The molecule has 3 aromatic carbocycles. The Morgan fingerprint density at radius 1 is 1.02 bits per heavy atom. The van der Waals surface area contributed by atoms with Gasteiger partial charge in [-0.2, -0.15) is 0 Å². The van der Waals surface area contributed by atoms with Crippen LogP contribution in [0.2, 0.25) is 0 Å². The van der Waals surface area contributed by atoms with E-state index in [9.17, 15) is 4.79 Å². The smallest absolute Gasteiger partial charge is 0.247 e. The summed E-state index contributed by atoms with van der Waals surface area (Å²) in [5.74, 6) is 3.01. The maximum atomic E-state index is 12.4. The number of para-hydroxylation sites is 1. The average molecular weight is 622 g/mol. The van der Waals surface area contributed by atoms with Gasteiger partial charge in [-0.05, 0) is 62.5 Å². The van der Waals surface area contributed by atoms with E-state index in [1.54, 1.807) is 7.11 Å². The fourth-order valence-electron chi connectivity index (χ4n) is 5.84. The van der Waals surface area contributed by atoms with Crippen molar-refractivity contribution in [1.82, 2.24) is 14.9 Å². The first-order valence-electron chi connectivity index (χ1n) is 15.3. The van der Waals surface area contributed by atoms with Crippen molar-refractivity contribution in [2.75, 3.05) is 61.5 Å². The highest BCUT2D eigenvalue weighted by atomic mass is 16.7. The van der Waals surface area contributed by atoms with Gasteiger partial charge in [0, 0.05) is 37.7 Å². The van der Waals surface area contributed by atoms with Crippen LogP contribution in [0, 0.1) is 0 Å². The second-order valence-corrected chi connectivity index (χ2v) is 11.5. The van der Waals surface area contributed by atoms with Crippen LogP contribution < -0.4 is 30.1 Å². The highest BCUT2D eigenvalue weighted by Gasteiger charge is 2.30. The van der Waals surface area contributed by atoms with Crippen LogP contribution in [0.3, 0.4) is 0 Å². The summed E-state index contributed by atoms with van der Waals surface area (Å²) in [6.45, 7) is 5.88. The molecule has 11 nitrogen and oxygen atoms in total. The lowest BCUT2D eigenvalue weighted by molar-refractivity contribution is -0.111. The van der Waals surface area contributed by atoms with Crippen molar-refractivity contribution < 1.29 is 19.1 Å². The Balaban J connectivity index is 1.25.